The van der Waals surface area contributed by atoms with E-state index in [0.29, 0.717) is 18.1 Å². The highest BCUT2D eigenvalue weighted by atomic mass is 16.7. The number of carbonyl (C=O) groups is 3. The number of benzene rings is 1. The average Bonchev–Trinajstić information content (AvgIpc) is 3.23. The highest BCUT2D eigenvalue weighted by Crippen LogP contribution is 2.45. The molecule has 1 aromatic rings. The van der Waals surface area contributed by atoms with Crippen LogP contribution in [0, 0.1) is 38.5 Å². The van der Waals surface area contributed by atoms with Crippen LogP contribution in [0.4, 0.5) is 0 Å². The minimum atomic E-state index is -1.13. The maximum Gasteiger partial charge on any atom is 0.422 e. The van der Waals surface area contributed by atoms with Gasteiger partial charge in [0.25, 0.3) is 0 Å². The van der Waals surface area contributed by atoms with Crippen molar-refractivity contribution in [2.75, 3.05) is 19.8 Å². The summed E-state index contributed by atoms with van der Waals surface area (Å²) in [6.07, 6.45) is 29.4. The third-order valence-electron chi connectivity index (χ3n) is 14.0. The van der Waals surface area contributed by atoms with Crippen LogP contribution >= 0.6 is 0 Å². The first kappa shape index (κ1) is 54.7. The highest BCUT2D eigenvalue weighted by molar-refractivity contribution is 6.30. The summed E-state index contributed by atoms with van der Waals surface area (Å²) >= 11 is 0. The van der Waals surface area contributed by atoms with Gasteiger partial charge < -0.3 is 29.0 Å². The third-order valence-corrected chi connectivity index (χ3v) is 14.0. The molecule has 0 bridgehead atoms. The van der Waals surface area contributed by atoms with Crippen molar-refractivity contribution in [3.63, 3.8) is 0 Å². The first-order valence-corrected chi connectivity index (χ1v) is 25.7. The fraction of sp³-hybridized carbons (Fsp3) is 0.833. The van der Waals surface area contributed by atoms with E-state index in [1.54, 1.807) is 13.8 Å². The zero-order valence-electron chi connectivity index (χ0n) is 42.3. The molecule has 63 heavy (non-hydrogen) atoms. The van der Waals surface area contributed by atoms with Crippen LogP contribution in [0.3, 0.4) is 0 Å². The van der Waals surface area contributed by atoms with Gasteiger partial charge in [0.15, 0.2) is 5.79 Å². The summed E-state index contributed by atoms with van der Waals surface area (Å²) in [5.74, 6) is 0.328. The summed E-state index contributed by atoms with van der Waals surface area (Å²) in [6, 6.07) is 0. The number of fused-ring (bicyclic) bond motifs is 1. The SMILES string of the molecule is CCCCCCCCCCCCCCCC(=O)NC1(COC(=O)C(=O)Oc2c(C)c(C)c3c(c2C)CCC(C)(CCCC(C)CCCC(C)CCCC(C)C)O3)COC(C)(C)OC1. The van der Waals surface area contributed by atoms with Gasteiger partial charge in [-0.3, -0.25) is 4.79 Å². The van der Waals surface area contributed by atoms with E-state index < -0.39 is 23.3 Å². The lowest BCUT2D eigenvalue weighted by Crippen LogP contribution is -2.63. The molecule has 0 aromatic heterocycles. The molecule has 2 aliphatic heterocycles. The normalized spacial score (nSPS) is 18.9. The number of carbonyl (C=O) groups excluding carboxylic acids is 3. The van der Waals surface area contributed by atoms with Gasteiger partial charge in [0, 0.05) is 12.0 Å². The Bertz CT molecular complexity index is 1530. The molecule has 2 aliphatic rings. The van der Waals surface area contributed by atoms with Crippen LogP contribution < -0.4 is 14.8 Å². The van der Waals surface area contributed by atoms with Gasteiger partial charge in [0.2, 0.25) is 5.91 Å². The molecule has 1 fully saturated rings. The van der Waals surface area contributed by atoms with Crippen molar-refractivity contribution in [3.8, 4) is 11.5 Å². The number of unbranched alkanes of at least 4 members (excludes halogenated alkanes) is 12. The van der Waals surface area contributed by atoms with Crippen molar-refractivity contribution in [2.45, 2.75) is 254 Å². The number of rotatable bonds is 30. The molecule has 0 spiro atoms. The second kappa shape index (κ2) is 27.7. The van der Waals surface area contributed by atoms with Crippen molar-refractivity contribution in [1.82, 2.24) is 5.32 Å². The van der Waals surface area contributed by atoms with Gasteiger partial charge in [0.1, 0.15) is 29.2 Å². The molecular formula is C54H93NO8. The lowest BCUT2D eigenvalue weighted by molar-refractivity contribution is -0.275. The van der Waals surface area contributed by atoms with E-state index >= 15 is 0 Å². The number of nitrogens with one attached hydrogen (secondary N) is 1. The van der Waals surface area contributed by atoms with E-state index in [1.807, 2.05) is 20.8 Å². The summed E-state index contributed by atoms with van der Waals surface area (Å²) in [6.45, 7) is 23.2. The summed E-state index contributed by atoms with van der Waals surface area (Å²) in [7, 11) is 0. The Kier molecular flexibility index (Phi) is 24.1. The number of amides is 1. The van der Waals surface area contributed by atoms with Crippen LogP contribution in [-0.2, 0) is 35.0 Å². The van der Waals surface area contributed by atoms with Crippen molar-refractivity contribution < 1.29 is 38.1 Å². The van der Waals surface area contributed by atoms with Gasteiger partial charge >= 0.3 is 11.9 Å². The third kappa shape index (κ3) is 19.8. The number of hydrogen-bond acceptors (Lipinski definition) is 8. The molecule has 1 saturated heterocycles. The minimum Gasteiger partial charge on any atom is -0.487 e. The minimum absolute atomic E-state index is 0.0744. The largest absolute Gasteiger partial charge is 0.487 e. The lowest BCUT2D eigenvalue weighted by atomic mass is 9.83. The molecule has 0 saturated carbocycles. The zero-order valence-corrected chi connectivity index (χ0v) is 42.3. The van der Waals surface area contributed by atoms with Crippen LogP contribution in [0.5, 0.6) is 11.5 Å². The first-order chi connectivity index (χ1) is 29.9. The number of ether oxygens (including phenoxy) is 5. The molecule has 9 nitrogen and oxygen atoms in total. The van der Waals surface area contributed by atoms with E-state index in [9.17, 15) is 14.4 Å². The molecule has 1 amide bonds. The van der Waals surface area contributed by atoms with Crippen molar-refractivity contribution >= 4 is 17.8 Å². The van der Waals surface area contributed by atoms with Crippen molar-refractivity contribution in [2.24, 2.45) is 17.8 Å². The molecule has 2 heterocycles. The van der Waals surface area contributed by atoms with E-state index in [4.69, 9.17) is 23.7 Å². The second-order valence-corrected chi connectivity index (χ2v) is 21.2. The molecular weight excluding hydrogens is 791 g/mol. The van der Waals surface area contributed by atoms with E-state index in [1.165, 1.54) is 109 Å². The maximum atomic E-state index is 13.3. The van der Waals surface area contributed by atoms with Crippen LogP contribution in [0.15, 0.2) is 0 Å². The zero-order chi connectivity index (χ0) is 46.5. The summed E-state index contributed by atoms with van der Waals surface area (Å²) in [5.41, 5.74) is 2.11. The van der Waals surface area contributed by atoms with Crippen molar-refractivity contribution in [1.29, 1.82) is 0 Å². The molecule has 0 aliphatic carbocycles. The fourth-order valence-electron chi connectivity index (χ4n) is 9.37. The summed E-state index contributed by atoms with van der Waals surface area (Å²) in [4.78, 5) is 39.7. The molecule has 3 atom stereocenters. The van der Waals surface area contributed by atoms with Gasteiger partial charge in [-0.05, 0) is 108 Å². The fourth-order valence-corrected chi connectivity index (χ4v) is 9.37. The Balaban J connectivity index is 1.47. The monoisotopic (exact) mass is 884 g/mol. The van der Waals surface area contributed by atoms with E-state index in [2.05, 4.69) is 46.9 Å². The first-order valence-electron chi connectivity index (χ1n) is 25.7. The van der Waals surface area contributed by atoms with Crippen LogP contribution in [0.25, 0.3) is 0 Å². The molecule has 9 heteroatoms. The molecule has 3 unspecified atom stereocenters. The second-order valence-electron chi connectivity index (χ2n) is 21.2. The highest BCUT2D eigenvalue weighted by Gasteiger charge is 2.43. The lowest BCUT2D eigenvalue weighted by Gasteiger charge is -2.43. The van der Waals surface area contributed by atoms with E-state index in [0.717, 1.165) is 84.8 Å². The number of hydrogen-bond donors (Lipinski definition) is 1. The molecule has 362 valence electrons. The summed E-state index contributed by atoms with van der Waals surface area (Å²) < 4.78 is 30.0. The smallest absolute Gasteiger partial charge is 0.422 e. The average molecular weight is 884 g/mol. The Morgan fingerprint density at radius 3 is 1.73 bits per heavy atom. The van der Waals surface area contributed by atoms with Gasteiger partial charge in [0.05, 0.1) is 13.2 Å². The van der Waals surface area contributed by atoms with Gasteiger partial charge in [-0.1, -0.05) is 157 Å². The summed E-state index contributed by atoms with van der Waals surface area (Å²) in [5, 5.41) is 3.03. The van der Waals surface area contributed by atoms with Crippen molar-refractivity contribution in [3.05, 3.63) is 22.3 Å². The molecule has 1 N–H and O–H groups in total. The van der Waals surface area contributed by atoms with Gasteiger partial charge in [-0.25, -0.2) is 9.59 Å². The number of esters is 2. The Morgan fingerprint density at radius 1 is 0.651 bits per heavy atom. The Morgan fingerprint density at radius 2 is 1.17 bits per heavy atom. The van der Waals surface area contributed by atoms with Gasteiger partial charge in [-0.15, -0.1) is 0 Å². The topological polar surface area (TPSA) is 109 Å². The molecule has 1 aromatic carbocycles. The molecule has 3 rings (SSSR count). The van der Waals surface area contributed by atoms with Gasteiger partial charge in [-0.2, -0.15) is 0 Å². The predicted octanol–water partition coefficient (Wildman–Crippen LogP) is 13.7. The Hall–Kier alpha value is -2.65. The quantitative estimate of drug-likeness (QED) is 0.0352. The predicted molar refractivity (Wildman–Crippen MR) is 256 cm³/mol. The van der Waals surface area contributed by atoms with Crippen LogP contribution in [0.1, 0.15) is 232 Å². The molecule has 0 radical (unpaired) electrons. The standard InChI is InChI=1S/C54H93NO8/c1-12-13-14-15-16-17-18-19-20-21-22-23-24-33-47(56)55-54(38-60-52(9,10)61-39-54)37-59-50(57)51(58)62-48-43(6)44(7)49-46(45(48)8)34-36-53(11,63-49)35-27-32-42(5)31-26-30-41(4)29-25-28-40(2)3/h40-42H,12-39H2,1-11H3,(H,55,56). The van der Waals surface area contributed by atoms with Crippen LogP contribution in [0.2, 0.25) is 0 Å². The Labute approximate surface area is 385 Å². The maximum absolute atomic E-state index is 13.3. The van der Waals surface area contributed by atoms with Crippen LogP contribution in [-0.4, -0.2) is 54.6 Å². The van der Waals surface area contributed by atoms with E-state index in [-0.39, 0.29) is 31.3 Å².